The number of rotatable bonds is 5. The lowest BCUT2D eigenvalue weighted by atomic mass is 10.2. The first-order chi connectivity index (χ1) is 5.67. The van der Waals surface area contributed by atoms with Crippen molar-refractivity contribution in [3.8, 4) is 0 Å². The Hall–Kier alpha value is -0.610. The summed E-state index contributed by atoms with van der Waals surface area (Å²) in [4.78, 5) is 13.2. The van der Waals surface area contributed by atoms with Gasteiger partial charge in [-0.1, -0.05) is 6.92 Å². The molecule has 0 radical (unpaired) electrons. The normalized spacial score (nSPS) is 13.1. The van der Waals surface area contributed by atoms with Crippen LogP contribution in [-0.2, 0) is 4.79 Å². The van der Waals surface area contributed by atoms with Gasteiger partial charge in [0.1, 0.15) is 0 Å². The molecule has 1 unspecified atom stereocenters. The molecule has 0 aliphatic rings. The molecular formula is C8H19N3O. The molecule has 0 aromatic rings. The van der Waals surface area contributed by atoms with Crippen LogP contribution in [0.1, 0.15) is 13.8 Å². The van der Waals surface area contributed by atoms with Crippen molar-refractivity contribution < 1.29 is 4.79 Å². The molecule has 72 valence electrons. The lowest BCUT2D eigenvalue weighted by Gasteiger charge is -2.25. The summed E-state index contributed by atoms with van der Waals surface area (Å²) in [5, 5.41) is 2.62. The largest absolute Gasteiger partial charge is 0.358 e. The summed E-state index contributed by atoms with van der Waals surface area (Å²) < 4.78 is 0. The lowest BCUT2D eigenvalue weighted by Crippen LogP contribution is -2.45. The number of nitrogens with one attached hydrogen (secondary N) is 1. The Bertz CT molecular complexity index is 138. The van der Waals surface area contributed by atoms with Crippen LogP contribution in [0.25, 0.3) is 0 Å². The average Bonchev–Trinajstić information content (AvgIpc) is 2.11. The van der Waals surface area contributed by atoms with E-state index in [1.54, 1.807) is 7.05 Å². The zero-order chi connectivity index (χ0) is 9.56. The number of carbonyl (C=O) groups is 1. The second-order valence-electron chi connectivity index (χ2n) is 2.71. The number of hydrogen-bond donors (Lipinski definition) is 2. The van der Waals surface area contributed by atoms with E-state index in [9.17, 15) is 4.79 Å². The van der Waals surface area contributed by atoms with Gasteiger partial charge < -0.3 is 11.1 Å². The highest BCUT2D eigenvalue weighted by Crippen LogP contribution is 1.96. The molecule has 0 aliphatic heterocycles. The van der Waals surface area contributed by atoms with Crippen molar-refractivity contribution in [1.82, 2.24) is 10.2 Å². The number of nitrogens with zero attached hydrogens (tertiary/aromatic N) is 1. The molecule has 1 amide bonds. The van der Waals surface area contributed by atoms with Gasteiger partial charge in [0.25, 0.3) is 0 Å². The number of hydrogen-bond acceptors (Lipinski definition) is 3. The second-order valence-corrected chi connectivity index (χ2v) is 2.71. The minimum Gasteiger partial charge on any atom is -0.358 e. The second kappa shape index (κ2) is 5.97. The predicted octanol–water partition coefficient (Wildman–Crippen LogP) is -0.598. The van der Waals surface area contributed by atoms with Crippen molar-refractivity contribution in [3.63, 3.8) is 0 Å². The van der Waals surface area contributed by atoms with E-state index in [-0.39, 0.29) is 11.9 Å². The fraction of sp³-hybridized carbons (Fsp3) is 0.875. The first kappa shape index (κ1) is 11.4. The zero-order valence-corrected chi connectivity index (χ0v) is 8.13. The van der Waals surface area contributed by atoms with Crippen LogP contribution in [0.5, 0.6) is 0 Å². The monoisotopic (exact) mass is 173 g/mol. The zero-order valence-electron chi connectivity index (χ0n) is 8.13. The van der Waals surface area contributed by atoms with Crippen molar-refractivity contribution in [3.05, 3.63) is 0 Å². The standard InChI is InChI=1S/C8H19N3O/c1-4-11(6-5-9)7(2)8(12)10-3/h7H,4-6,9H2,1-3H3,(H,10,12). The first-order valence-corrected chi connectivity index (χ1v) is 4.33. The lowest BCUT2D eigenvalue weighted by molar-refractivity contribution is -0.125. The summed E-state index contributed by atoms with van der Waals surface area (Å²) in [7, 11) is 1.65. The van der Waals surface area contributed by atoms with E-state index in [1.165, 1.54) is 0 Å². The van der Waals surface area contributed by atoms with Gasteiger partial charge in [-0.2, -0.15) is 0 Å². The molecule has 12 heavy (non-hydrogen) atoms. The number of nitrogens with two attached hydrogens (primary N) is 1. The molecule has 3 N–H and O–H groups in total. The van der Waals surface area contributed by atoms with Crippen LogP contribution in [0.15, 0.2) is 0 Å². The van der Waals surface area contributed by atoms with E-state index in [4.69, 9.17) is 5.73 Å². The molecule has 0 fully saturated rings. The average molecular weight is 173 g/mol. The van der Waals surface area contributed by atoms with Gasteiger partial charge >= 0.3 is 0 Å². The maximum absolute atomic E-state index is 11.2. The van der Waals surface area contributed by atoms with E-state index in [1.807, 2.05) is 18.7 Å². The predicted molar refractivity (Wildman–Crippen MR) is 49.8 cm³/mol. The van der Waals surface area contributed by atoms with Crippen LogP contribution in [0.3, 0.4) is 0 Å². The Labute approximate surface area is 74.1 Å². The third-order valence-electron chi connectivity index (χ3n) is 2.00. The molecule has 4 heteroatoms. The van der Waals surface area contributed by atoms with Crippen molar-refractivity contribution in [2.45, 2.75) is 19.9 Å². The topological polar surface area (TPSA) is 58.4 Å². The van der Waals surface area contributed by atoms with Crippen molar-refractivity contribution >= 4 is 5.91 Å². The van der Waals surface area contributed by atoms with Gasteiger partial charge in [-0.05, 0) is 13.5 Å². The Morgan fingerprint density at radius 3 is 2.58 bits per heavy atom. The molecule has 0 aromatic carbocycles. The van der Waals surface area contributed by atoms with Crippen molar-refractivity contribution in [2.75, 3.05) is 26.7 Å². The van der Waals surface area contributed by atoms with E-state index in [2.05, 4.69) is 5.32 Å². The number of amides is 1. The molecule has 0 saturated heterocycles. The minimum atomic E-state index is -0.0800. The fourth-order valence-electron chi connectivity index (χ4n) is 1.17. The molecule has 4 nitrogen and oxygen atoms in total. The molecule has 0 rings (SSSR count). The van der Waals surface area contributed by atoms with E-state index >= 15 is 0 Å². The third kappa shape index (κ3) is 3.19. The van der Waals surface area contributed by atoms with Crippen LogP contribution in [-0.4, -0.2) is 43.5 Å². The minimum absolute atomic E-state index is 0.0466. The van der Waals surface area contributed by atoms with E-state index < -0.39 is 0 Å². The molecule has 0 heterocycles. The third-order valence-corrected chi connectivity index (χ3v) is 2.00. The summed E-state index contributed by atoms with van der Waals surface area (Å²) >= 11 is 0. The highest BCUT2D eigenvalue weighted by atomic mass is 16.2. The van der Waals surface area contributed by atoms with Crippen LogP contribution in [0.2, 0.25) is 0 Å². The Kier molecular flexibility index (Phi) is 5.66. The first-order valence-electron chi connectivity index (χ1n) is 4.33. The van der Waals surface area contributed by atoms with Crippen LogP contribution >= 0.6 is 0 Å². The van der Waals surface area contributed by atoms with Crippen molar-refractivity contribution in [2.24, 2.45) is 5.73 Å². The SMILES string of the molecule is CCN(CCN)C(C)C(=O)NC. The van der Waals surface area contributed by atoms with Gasteiger partial charge in [0.2, 0.25) is 5.91 Å². The molecule has 0 saturated carbocycles. The summed E-state index contributed by atoms with van der Waals surface area (Å²) in [6, 6.07) is -0.0800. The van der Waals surface area contributed by atoms with E-state index in [0.29, 0.717) is 6.54 Å². The summed E-state index contributed by atoms with van der Waals surface area (Å²) in [5.74, 6) is 0.0466. The van der Waals surface area contributed by atoms with Crippen LogP contribution in [0, 0.1) is 0 Å². The highest BCUT2D eigenvalue weighted by molar-refractivity contribution is 5.80. The summed E-state index contributed by atoms with van der Waals surface area (Å²) in [5.41, 5.74) is 5.41. The summed E-state index contributed by atoms with van der Waals surface area (Å²) in [6.45, 7) is 6.12. The van der Waals surface area contributed by atoms with E-state index in [0.717, 1.165) is 13.1 Å². The maximum Gasteiger partial charge on any atom is 0.236 e. The number of carbonyl (C=O) groups excluding carboxylic acids is 1. The quantitative estimate of drug-likeness (QED) is 0.584. The summed E-state index contributed by atoms with van der Waals surface area (Å²) in [6.07, 6.45) is 0. The van der Waals surface area contributed by atoms with Gasteiger partial charge in [0.05, 0.1) is 6.04 Å². The molecule has 1 atom stereocenters. The molecule has 0 aromatic heterocycles. The molecular weight excluding hydrogens is 154 g/mol. The van der Waals surface area contributed by atoms with Gasteiger partial charge in [0.15, 0.2) is 0 Å². The van der Waals surface area contributed by atoms with Gasteiger partial charge in [-0.3, -0.25) is 9.69 Å². The molecule has 0 bridgehead atoms. The fourth-order valence-corrected chi connectivity index (χ4v) is 1.17. The van der Waals surface area contributed by atoms with Crippen LogP contribution in [0.4, 0.5) is 0 Å². The van der Waals surface area contributed by atoms with Crippen LogP contribution < -0.4 is 11.1 Å². The van der Waals surface area contributed by atoms with Gasteiger partial charge in [0, 0.05) is 20.1 Å². The maximum atomic E-state index is 11.2. The Balaban J connectivity index is 4.00. The molecule has 0 aliphatic carbocycles. The van der Waals surface area contributed by atoms with Gasteiger partial charge in [-0.25, -0.2) is 0 Å². The van der Waals surface area contributed by atoms with Crippen molar-refractivity contribution in [1.29, 1.82) is 0 Å². The van der Waals surface area contributed by atoms with Gasteiger partial charge in [-0.15, -0.1) is 0 Å². The Morgan fingerprint density at radius 1 is 1.67 bits per heavy atom. The highest BCUT2D eigenvalue weighted by Gasteiger charge is 2.17. The molecule has 0 spiro atoms. The Morgan fingerprint density at radius 2 is 2.25 bits per heavy atom. The smallest absolute Gasteiger partial charge is 0.236 e. The number of likely N-dealkylation sites (N-methyl/N-ethyl adjacent to an activating group) is 2.